The van der Waals surface area contributed by atoms with Crippen molar-refractivity contribution in [3.63, 3.8) is 0 Å². The summed E-state index contributed by atoms with van der Waals surface area (Å²) < 4.78 is 1.10. The van der Waals surface area contributed by atoms with Gasteiger partial charge < -0.3 is 5.32 Å². The van der Waals surface area contributed by atoms with Gasteiger partial charge in [0.25, 0.3) is 0 Å². The number of aryl methyl sites for hydroxylation is 1. The molecule has 0 aliphatic heterocycles. The zero-order valence-corrected chi connectivity index (χ0v) is 11.5. The fourth-order valence-corrected chi connectivity index (χ4v) is 2.27. The third kappa shape index (κ3) is 2.97. The summed E-state index contributed by atoms with van der Waals surface area (Å²) >= 11 is 3.59. The summed E-state index contributed by atoms with van der Waals surface area (Å²) in [7, 11) is 0. The fourth-order valence-electron chi connectivity index (χ4n) is 1.92. The van der Waals surface area contributed by atoms with Crippen molar-refractivity contribution < 1.29 is 0 Å². The second kappa shape index (κ2) is 5.17. The first-order valence-electron chi connectivity index (χ1n) is 6.08. The number of rotatable bonds is 5. The van der Waals surface area contributed by atoms with Gasteiger partial charge in [-0.05, 0) is 53.2 Å². The molecule has 0 bridgehead atoms. The monoisotopic (exact) mass is 282 g/mol. The van der Waals surface area contributed by atoms with Crippen molar-refractivity contribution >= 4 is 21.7 Å². The van der Waals surface area contributed by atoms with Gasteiger partial charge in [0.1, 0.15) is 5.82 Å². The summed E-state index contributed by atoms with van der Waals surface area (Å²) in [6.45, 7) is 4.34. The van der Waals surface area contributed by atoms with E-state index in [1.165, 1.54) is 31.2 Å². The molecule has 1 aliphatic rings. The minimum atomic E-state index is 0.568. The lowest BCUT2D eigenvalue weighted by Gasteiger charge is -2.18. The van der Waals surface area contributed by atoms with Crippen LogP contribution < -0.4 is 5.32 Å². The minimum Gasteiger partial charge on any atom is -0.366 e. The Morgan fingerprint density at radius 1 is 1.56 bits per heavy atom. The molecule has 1 aromatic heterocycles. The van der Waals surface area contributed by atoms with Crippen molar-refractivity contribution in [1.82, 2.24) is 4.98 Å². The van der Waals surface area contributed by atoms with Crippen LogP contribution in [0.5, 0.6) is 0 Å². The molecule has 16 heavy (non-hydrogen) atoms. The van der Waals surface area contributed by atoms with Crippen LogP contribution in [0.2, 0.25) is 0 Å². The Kier molecular flexibility index (Phi) is 3.85. The van der Waals surface area contributed by atoms with Crippen molar-refractivity contribution in [3.8, 4) is 0 Å². The molecule has 0 aromatic carbocycles. The van der Waals surface area contributed by atoms with Crippen molar-refractivity contribution in [1.29, 1.82) is 0 Å². The normalized spacial score (nSPS) is 17.2. The molecule has 1 unspecified atom stereocenters. The number of pyridine rings is 1. The summed E-state index contributed by atoms with van der Waals surface area (Å²) in [5.41, 5.74) is 1.23. The van der Waals surface area contributed by atoms with E-state index >= 15 is 0 Å². The molecule has 1 N–H and O–H groups in total. The maximum absolute atomic E-state index is 4.40. The predicted molar refractivity (Wildman–Crippen MR) is 71.7 cm³/mol. The first-order chi connectivity index (χ1) is 7.70. The molecule has 88 valence electrons. The summed E-state index contributed by atoms with van der Waals surface area (Å²) in [6, 6.07) is 2.59. The molecule has 1 atom stereocenters. The minimum absolute atomic E-state index is 0.568. The van der Waals surface area contributed by atoms with Gasteiger partial charge in [-0.1, -0.05) is 19.8 Å². The highest BCUT2D eigenvalue weighted by Gasteiger charge is 2.25. The lowest BCUT2D eigenvalue weighted by Crippen LogP contribution is -2.20. The number of anilines is 1. The van der Waals surface area contributed by atoms with Crippen molar-refractivity contribution in [3.05, 3.63) is 22.3 Å². The topological polar surface area (TPSA) is 24.9 Å². The molecular formula is C13H19BrN2. The van der Waals surface area contributed by atoms with Gasteiger partial charge in [-0.25, -0.2) is 4.98 Å². The number of hydrogen-bond donors (Lipinski definition) is 1. The molecular weight excluding hydrogens is 264 g/mol. The highest BCUT2D eigenvalue weighted by Crippen LogP contribution is 2.35. The van der Waals surface area contributed by atoms with Gasteiger partial charge in [-0.15, -0.1) is 0 Å². The summed E-state index contributed by atoms with van der Waals surface area (Å²) in [4.78, 5) is 4.40. The van der Waals surface area contributed by atoms with Crippen LogP contribution in [0.25, 0.3) is 0 Å². The zero-order valence-electron chi connectivity index (χ0n) is 9.96. The van der Waals surface area contributed by atoms with Gasteiger partial charge in [-0.2, -0.15) is 0 Å². The molecule has 1 fully saturated rings. The predicted octanol–water partition coefficient (Wildman–Crippen LogP) is 4.14. The van der Waals surface area contributed by atoms with E-state index in [1.807, 2.05) is 12.3 Å². The largest absolute Gasteiger partial charge is 0.366 e. The lowest BCUT2D eigenvalue weighted by atomic mass is 10.1. The highest BCUT2D eigenvalue weighted by molar-refractivity contribution is 9.10. The molecule has 0 amide bonds. The van der Waals surface area contributed by atoms with Crippen LogP contribution in [-0.2, 0) is 0 Å². The third-order valence-corrected chi connectivity index (χ3v) is 4.23. The van der Waals surface area contributed by atoms with Crippen LogP contribution in [0.1, 0.15) is 38.2 Å². The van der Waals surface area contributed by atoms with E-state index in [0.717, 1.165) is 16.2 Å². The third-order valence-electron chi connectivity index (χ3n) is 3.23. The summed E-state index contributed by atoms with van der Waals surface area (Å²) in [5, 5.41) is 3.55. The van der Waals surface area contributed by atoms with Gasteiger partial charge in [0.05, 0.1) is 4.47 Å². The lowest BCUT2D eigenvalue weighted by molar-refractivity contribution is 0.585. The molecule has 0 spiro atoms. The fraction of sp³-hybridized carbons (Fsp3) is 0.615. The highest BCUT2D eigenvalue weighted by atomic mass is 79.9. The molecule has 3 heteroatoms. The summed E-state index contributed by atoms with van der Waals surface area (Å²) in [5.74, 6) is 1.95. The van der Waals surface area contributed by atoms with Crippen molar-refractivity contribution in [2.75, 3.05) is 5.32 Å². The van der Waals surface area contributed by atoms with Crippen LogP contribution in [0.3, 0.4) is 0 Å². The Morgan fingerprint density at radius 2 is 2.31 bits per heavy atom. The average molecular weight is 283 g/mol. The Labute approximate surface area is 106 Å². The van der Waals surface area contributed by atoms with Gasteiger partial charge >= 0.3 is 0 Å². The number of nitrogens with one attached hydrogen (secondary N) is 1. The van der Waals surface area contributed by atoms with Crippen LogP contribution in [0, 0.1) is 12.8 Å². The molecule has 0 radical (unpaired) electrons. The van der Waals surface area contributed by atoms with E-state index in [1.54, 1.807) is 0 Å². The SMILES string of the molecule is CCC(CC1CC1)Nc1nccc(C)c1Br. The standard InChI is InChI=1S/C13H19BrN2/c1-3-11(8-10-4-5-10)16-13-12(14)9(2)6-7-15-13/h6-7,10-11H,3-5,8H2,1-2H3,(H,15,16). The van der Waals surface area contributed by atoms with Gasteiger partial charge in [0, 0.05) is 12.2 Å². The maximum Gasteiger partial charge on any atom is 0.140 e. The second-order valence-electron chi connectivity index (χ2n) is 4.72. The van der Waals surface area contributed by atoms with Crippen LogP contribution in [0.15, 0.2) is 16.7 Å². The average Bonchev–Trinajstić information content (AvgIpc) is 3.07. The number of aromatic nitrogens is 1. The van der Waals surface area contributed by atoms with Crippen LogP contribution >= 0.6 is 15.9 Å². The van der Waals surface area contributed by atoms with E-state index in [2.05, 4.69) is 40.1 Å². The molecule has 1 saturated carbocycles. The Balaban J connectivity index is 2.02. The van der Waals surface area contributed by atoms with E-state index in [9.17, 15) is 0 Å². The van der Waals surface area contributed by atoms with E-state index in [4.69, 9.17) is 0 Å². The van der Waals surface area contributed by atoms with E-state index in [-0.39, 0.29) is 0 Å². The first kappa shape index (κ1) is 11.9. The Bertz CT molecular complexity index is 361. The van der Waals surface area contributed by atoms with Crippen molar-refractivity contribution in [2.45, 2.75) is 45.6 Å². The zero-order chi connectivity index (χ0) is 11.5. The molecule has 1 aromatic rings. The summed E-state index contributed by atoms with van der Waals surface area (Å²) in [6.07, 6.45) is 7.16. The van der Waals surface area contributed by atoms with Gasteiger partial charge in [0.15, 0.2) is 0 Å². The molecule has 2 nitrogen and oxygen atoms in total. The van der Waals surface area contributed by atoms with Gasteiger partial charge in [-0.3, -0.25) is 0 Å². The number of nitrogens with zero attached hydrogens (tertiary/aromatic N) is 1. The molecule has 2 rings (SSSR count). The first-order valence-corrected chi connectivity index (χ1v) is 6.87. The quantitative estimate of drug-likeness (QED) is 0.878. The Hall–Kier alpha value is -0.570. The number of halogens is 1. The molecule has 0 saturated heterocycles. The number of hydrogen-bond acceptors (Lipinski definition) is 2. The van der Waals surface area contributed by atoms with Crippen LogP contribution in [0.4, 0.5) is 5.82 Å². The smallest absolute Gasteiger partial charge is 0.140 e. The van der Waals surface area contributed by atoms with Crippen LogP contribution in [-0.4, -0.2) is 11.0 Å². The van der Waals surface area contributed by atoms with E-state index < -0.39 is 0 Å². The van der Waals surface area contributed by atoms with Crippen molar-refractivity contribution in [2.24, 2.45) is 5.92 Å². The molecule has 1 heterocycles. The van der Waals surface area contributed by atoms with E-state index in [0.29, 0.717) is 6.04 Å². The maximum atomic E-state index is 4.40. The molecule has 1 aliphatic carbocycles. The Morgan fingerprint density at radius 3 is 2.94 bits per heavy atom. The van der Waals surface area contributed by atoms with Gasteiger partial charge in [0.2, 0.25) is 0 Å². The second-order valence-corrected chi connectivity index (χ2v) is 5.51.